The summed E-state index contributed by atoms with van der Waals surface area (Å²) in [5.74, 6) is 0.0910. The Bertz CT molecular complexity index is 496. The van der Waals surface area contributed by atoms with Crippen LogP contribution < -0.4 is 4.90 Å². The van der Waals surface area contributed by atoms with Gasteiger partial charge in [0.15, 0.2) is 0 Å². The van der Waals surface area contributed by atoms with E-state index in [1.54, 1.807) is 17.9 Å². The number of fused-ring (bicyclic) bond motifs is 1. The summed E-state index contributed by atoms with van der Waals surface area (Å²) in [5.41, 5.74) is 2.48. The average molecular weight is 247 g/mol. The van der Waals surface area contributed by atoms with Gasteiger partial charge in [0.25, 0.3) is 0 Å². The molecule has 1 aromatic rings. The maximum absolute atomic E-state index is 11.6. The molecule has 1 aliphatic heterocycles. The molecule has 0 saturated heterocycles. The molecule has 0 radical (unpaired) electrons. The van der Waals surface area contributed by atoms with Crippen molar-refractivity contribution in [3.05, 3.63) is 29.3 Å². The monoisotopic (exact) mass is 247 g/mol. The van der Waals surface area contributed by atoms with Crippen molar-refractivity contribution in [1.82, 2.24) is 0 Å². The lowest BCUT2D eigenvalue weighted by Gasteiger charge is -2.32. The SMILES string of the molecule is COC(=O)c1ccc2c(c1)CC(C)CN2C(C)=O. The van der Waals surface area contributed by atoms with Crippen LogP contribution in [0.3, 0.4) is 0 Å². The van der Waals surface area contributed by atoms with Crippen LogP contribution in [-0.2, 0) is 16.0 Å². The van der Waals surface area contributed by atoms with Gasteiger partial charge in [-0.25, -0.2) is 4.79 Å². The molecule has 0 spiro atoms. The molecule has 1 heterocycles. The van der Waals surface area contributed by atoms with Gasteiger partial charge in [-0.1, -0.05) is 6.92 Å². The summed E-state index contributed by atoms with van der Waals surface area (Å²) in [5, 5.41) is 0. The molecule has 0 aromatic heterocycles. The molecule has 0 N–H and O–H groups in total. The van der Waals surface area contributed by atoms with Crippen LogP contribution in [0.5, 0.6) is 0 Å². The molecule has 96 valence electrons. The van der Waals surface area contributed by atoms with Gasteiger partial charge in [0.05, 0.1) is 12.7 Å². The molecule has 4 heteroatoms. The second-order valence-corrected chi connectivity index (χ2v) is 4.77. The van der Waals surface area contributed by atoms with Crippen molar-refractivity contribution >= 4 is 17.6 Å². The fourth-order valence-corrected chi connectivity index (χ4v) is 2.41. The molecule has 1 unspecified atom stereocenters. The van der Waals surface area contributed by atoms with Gasteiger partial charge in [-0.3, -0.25) is 4.79 Å². The maximum atomic E-state index is 11.6. The van der Waals surface area contributed by atoms with Crippen molar-refractivity contribution in [3.63, 3.8) is 0 Å². The average Bonchev–Trinajstić information content (AvgIpc) is 2.35. The van der Waals surface area contributed by atoms with Crippen LogP contribution in [0.2, 0.25) is 0 Å². The van der Waals surface area contributed by atoms with Crippen molar-refractivity contribution in [2.45, 2.75) is 20.3 Å². The summed E-state index contributed by atoms with van der Waals surface area (Å²) in [4.78, 5) is 24.9. The van der Waals surface area contributed by atoms with E-state index in [2.05, 4.69) is 6.92 Å². The summed E-state index contributed by atoms with van der Waals surface area (Å²) in [6.07, 6.45) is 0.879. The van der Waals surface area contributed by atoms with Crippen molar-refractivity contribution in [2.24, 2.45) is 5.92 Å². The Kier molecular flexibility index (Phi) is 3.36. The molecule has 0 saturated carbocycles. The van der Waals surface area contributed by atoms with Crippen LogP contribution >= 0.6 is 0 Å². The number of benzene rings is 1. The Hall–Kier alpha value is -1.84. The number of anilines is 1. The van der Waals surface area contributed by atoms with Crippen LogP contribution in [0.15, 0.2) is 18.2 Å². The number of amides is 1. The van der Waals surface area contributed by atoms with Gasteiger partial charge in [0, 0.05) is 19.2 Å². The zero-order valence-electron chi connectivity index (χ0n) is 10.9. The second kappa shape index (κ2) is 4.80. The molecule has 0 aliphatic carbocycles. The van der Waals surface area contributed by atoms with E-state index < -0.39 is 0 Å². The molecule has 1 aliphatic rings. The number of esters is 1. The number of ether oxygens (including phenoxy) is 1. The first-order chi connectivity index (χ1) is 8.52. The van der Waals surface area contributed by atoms with E-state index in [1.165, 1.54) is 7.11 Å². The van der Waals surface area contributed by atoms with E-state index in [4.69, 9.17) is 4.74 Å². The first-order valence-corrected chi connectivity index (χ1v) is 6.02. The lowest BCUT2D eigenvalue weighted by Crippen LogP contribution is -2.37. The predicted molar refractivity (Wildman–Crippen MR) is 68.7 cm³/mol. The van der Waals surface area contributed by atoms with Crippen molar-refractivity contribution < 1.29 is 14.3 Å². The van der Waals surface area contributed by atoms with Crippen LogP contribution in [0, 0.1) is 5.92 Å². The van der Waals surface area contributed by atoms with Gasteiger partial charge in [-0.15, -0.1) is 0 Å². The summed E-state index contributed by atoms with van der Waals surface area (Å²) >= 11 is 0. The van der Waals surface area contributed by atoms with E-state index in [0.29, 0.717) is 11.5 Å². The van der Waals surface area contributed by atoms with E-state index in [-0.39, 0.29) is 11.9 Å². The number of methoxy groups -OCH3 is 1. The number of rotatable bonds is 1. The fourth-order valence-electron chi connectivity index (χ4n) is 2.41. The minimum Gasteiger partial charge on any atom is -0.465 e. The molecular formula is C14H17NO3. The van der Waals surface area contributed by atoms with E-state index >= 15 is 0 Å². The fraction of sp³-hybridized carbons (Fsp3) is 0.429. The van der Waals surface area contributed by atoms with E-state index in [9.17, 15) is 9.59 Å². The van der Waals surface area contributed by atoms with Crippen molar-refractivity contribution in [2.75, 3.05) is 18.6 Å². The van der Waals surface area contributed by atoms with Gasteiger partial charge in [0.1, 0.15) is 0 Å². The third-order valence-electron chi connectivity index (χ3n) is 3.23. The lowest BCUT2D eigenvalue weighted by molar-refractivity contribution is -0.116. The Labute approximate surface area is 107 Å². The van der Waals surface area contributed by atoms with Crippen molar-refractivity contribution in [3.8, 4) is 0 Å². The quantitative estimate of drug-likeness (QED) is 0.713. The molecule has 18 heavy (non-hydrogen) atoms. The summed E-state index contributed by atoms with van der Waals surface area (Å²) < 4.78 is 4.71. The Morgan fingerprint density at radius 3 is 2.72 bits per heavy atom. The lowest BCUT2D eigenvalue weighted by atomic mass is 9.92. The molecular weight excluding hydrogens is 230 g/mol. The van der Waals surface area contributed by atoms with Gasteiger partial charge in [-0.2, -0.15) is 0 Å². The van der Waals surface area contributed by atoms with Gasteiger partial charge >= 0.3 is 5.97 Å². The third-order valence-corrected chi connectivity index (χ3v) is 3.23. The predicted octanol–water partition coefficient (Wildman–Crippen LogP) is 2.02. The van der Waals surface area contributed by atoms with Crippen molar-refractivity contribution in [1.29, 1.82) is 0 Å². The highest BCUT2D eigenvalue weighted by atomic mass is 16.5. The number of hydrogen-bond donors (Lipinski definition) is 0. The summed E-state index contributed by atoms with van der Waals surface area (Å²) in [6, 6.07) is 5.36. The Balaban J connectivity index is 2.43. The maximum Gasteiger partial charge on any atom is 0.337 e. The zero-order valence-corrected chi connectivity index (χ0v) is 10.9. The summed E-state index contributed by atoms with van der Waals surface area (Å²) in [7, 11) is 1.37. The Morgan fingerprint density at radius 2 is 2.11 bits per heavy atom. The van der Waals surface area contributed by atoms with Crippen LogP contribution in [-0.4, -0.2) is 25.5 Å². The largest absolute Gasteiger partial charge is 0.465 e. The number of nitrogens with zero attached hydrogens (tertiary/aromatic N) is 1. The minimum absolute atomic E-state index is 0.0358. The van der Waals surface area contributed by atoms with Gasteiger partial charge < -0.3 is 9.64 Å². The third kappa shape index (κ3) is 2.23. The van der Waals surface area contributed by atoms with Gasteiger partial charge in [0.2, 0.25) is 5.91 Å². The molecule has 0 fully saturated rings. The normalized spacial score (nSPS) is 18.2. The zero-order chi connectivity index (χ0) is 13.3. The van der Waals surface area contributed by atoms with E-state index in [0.717, 1.165) is 24.2 Å². The number of carbonyl (C=O) groups excluding carboxylic acids is 2. The van der Waals surface area contributed by atoms with Crippen LogP contribution in [0.4, 0.5) is 5.69 Å². The second-order valence-electron chi connectivity index (χ2n) is 4.77. The molecule has 1 aromatic carbocycles. The number of carbonyl (C=O) groups is 2. The highest BCUT2D eigenvalue weighted by Gasteiger charge is 2.25. The van der Waals surface area contributed by atoms with Crippen LogP contribution in [0.1, 0.15) is 29.8 Å². The minimum atomic E-state index is -0.342. The van der Waals surface area contributed by atoms with E-state index in [1.807, 2.05) is 12.1 Å². The highest BCUT2D eigenvalue weighted by molar-refractivity contribution is 5.95. The molecule has 4 nitrogen and oxygen atoms in total. The van der Waals surface area contributed by atoms with Gasteiger partial charge in [-0.05, 0) is 36.1 Å². The molecule has 0 bridgehead atoms. The smallest absolute Gasteiger partial charge is 0.337 e. The highest BCUT2D eigenvalue weighted by Crippen LogP contribution is 2.30. The van der Waals surface area contributed by atoms with Crippen LogP contribution in [0.25, 0.3) is 0 Å². The summed E-state index contributed by atoms with van der Waals surface area (Å²) in [6.45, 7) is 4.40. The molecule has 1 atom stereocenters. The standard InChI is InChI=1S/C14H17NO3/c1-9-6-12-7-11(14(17)18-3)4-5-13(12)15(8-9)10(2)16/h4-5,7,9H,6,8H2,1-3H3. The molecule has 2 rings (SSSR count). The Morgan fingerprint density at radius 1 is 1.39 bits per heavy atom. The first kappa shape index (κ1) is 12.6. The first-order valence-electron chi connectivity index (χ1n) is 6.02. The number of hydrogen-bond acceptors (Lipinski definition) is 3. The molecule has 1 amide bonds. The topological polar surface area (TPSA) is 46.6 Å².